The molecule has 0 aliphatic heterocycles. The van der Waals surface area contributed by atoms with Gasteiger partial charge in [-0.25, -0.2) is 0 Å². The van der Waals surface area contributed by atoms with Crippen LogP contribution in [0.1, 0.15) is 48.8 Å². The van der Waals surface area contributed by atoms with Gasteiger partial charge in [-0.05, 0) is 53.2 Å². The van der Waals surface area contributed by atoms with Crippen molar-refractivity contribution >= 4 is 17.9 Å². The fraction of sp³-hybridized carbons (Fsp3) is 0.435. The molecule has 2 aromatic rings. The van der Waals surface area contributed by atoms with E-state index >= 15 is 0 Å². The normalized spacial score (nSPS) is 11.3. The monoisotopic (exact) mass is 396 g/mol. The molecule has 29 heavy (non-hydrogen) atoms. The third-order valence-electron chi connectivity index (χ3n) is 4.76. The van der Waals surface area contributed by atoms with Gasteiger partial charge < -0.3 is 10.2 Å². The maximum absolute atomic E-state index is 12.6. The Morgan fingerprint density at radius 3 is 2.41 bits per heavy atom. The Hall–Kier alpha value is -2.89. The second kappa shape index (κ2) is 10.0. The second-order valence-corrected chi connectivity index (χ2v) is 7.64. The first-order chi connectivity index (χ1) is 13.7. The van der Waals surface area contributed by atoms with Crippen LogP contribution in [0.5, 0.6) is 0 Å². The Labute approximate surface area is 173 Å². The van der Waals surface area contributed by atoms with Crippen LogP contribution in [0.2, 0.25) is 0 Å². The van der Waals surface area contributed by atoms with Gasteiger partial charge in [0.25, 0.3) is 0 Å². The lowest BCUT2D eigenvalue weighted by molar-refractivity contribution is -0.132. The SMILES string of the molecule is CCN(CC(=O)NC(C)C)C(=O)/C=C/c1c(C)nn(Cc2ccc(C)cc2)c1C. The fourth-order valence-electron chi connectivity index (χ4n) is 3.12. The van der Waals surface area contributed by atoms with Crippen LogP contribution in [-0.2, 0) is 16.1 Å². The lowest BCUT2D eigenvalue weighted by atomic mass is 10.1. The predicted octanol–water partition coefficient (Wildman–Crippen LogP) is 3.24. The van der Waals surface area contributed by atoms with E-state index in [0.29, 0.717) is 13.1 Å². The van der Waals surface area contributed by atoms with Crippen LogP contribution in [0.15, 0.2) is 30.3 Å². The molecule has 1 aromatic heterocycles. The smallest absolute Gasteiger partial charge is 0.247 e. The van der Waals surface area contributed by atoms with Crippen molar-refractivity contribution in [2.24, 2.45) is 0 Å². The number of benzene rings is 1. The summed E-state index contributed by atoms with van der Waals surface area (Å²) < 4.78 is 1.96. The molecule has 0 spiro atoms. The van der Waals surface area contributed by atoms with Gasteiger partial charge in [0, 0.05) is 29.9 Å². The number of nitrogens with zero attached hydrogens (tertiary/aromatic N) is 3. The number of carbonyl (C=O) groups is 2. The van der Waals surface area contributed by atoms with E-state index in [1.54, 1.807) is 6.08 Å². The molecule has 6 nitrogen and oxygen atoms in total. The van der Waals surface area contributed by atoms with Gasteiger partial charge in [0.1, 0.15) is 0 Å². The van der Waals surface area contributed by atoms with Crippen LogP contribution in [0, 0.1) is 20.8 Å². The molecule has 0 radical (unpaired) electrons. The Bertz CT molecular complexity index is 879. The number of carbonyl (C=O) groups excluding carboxylic acids is 2. The molecule has 2 rings (SSSR count). The molecule has 6 heteroatoms. The van der Waals surface area contributed by atoms with Crippen molar-refractivity contribution in [1.82, 2.24) is 20.0 Å². The molecule has 0 atom stereocenters. The summed E-state index contributed by atoms with van der Waals surface area (Å²) in [5.41, 5.74) is 5.23. The van der Waals surface area contributed by atoms with Gasteiger partial charge in [0.15, 0.2) is 0 Å². The van der Waals surface area contributed by atoms with Crippen molar-refractivity contribution in [3.05, 3.63) is 58.4 Å². The van der Waals surface area contributed by atoms with Crippen LogP contribution in [0.4, 0.5) is 0 Å². The predicted molar refractivity (Wildman–Crippen MR) is 117 cm³/mol. The molecular formula is C23H32N4O2. The first kappa shape index (κ1) is 22.4. The number of nitrogens with one attached hydrogen (secondary N) is 1. The van der Waals surface area contributed by atoms with Gasteiger partial charge in [0.2, 0.25) is 11.8 Å². The molecule has 0 saturated carbocycles. The first-order valence-electron chi connectivity index (χ1n) is 10.1. The van der Waals surface area contributed by atoms with Crippen LogP contribution in [0.3, 0.4) is 0 Å². The quantitative estimate of drug-likeness (QED) is 0.697. The van der Waals surface area contributed by atoms with E-state index in [1.807, 2.05) is 39.3 Å². The van der Waals surface area contributed by atoms with Crippen molar-refractivity contribution < 1.29 is 9.59 Å². The molecule has 2 amide bonds. The summed E-state index contributed by atoms with van der Waals surface area (Å²) in [5, 5.41) is 7.44. The molecule has 0 saturated heterocycles. The van der Waals surface area contributed by atoms with Crippen molar-refractivity contribution in [2.75, 3.05) is 13.1 Å². The average molecular weight is 397 g/mol. The zero-order valence-corrected chi connectivity index (χ0v) is 18.3. The molecule has 0 bridgehead atoms. The summed E-state index contributed by atoms with van der Waals surface area (Å²) >= 11 is 0. The summed E-state index contributed by atoms with van der Waals surface area (Å²) in [6.45, 7) is 12.9. The molecule has 1 heterocycles. The lowest BCUT2D eigenvalue weighted by Gasteiger charge is -2.19. The number of likely N-dealkylation sites (N-methyl/N-ethyl adjacent to an activating group) is 1. The van der Waals surface area contributed by atoms with E-state index in [0.717, 1.165) is 17.0 Å². The van der Waals surface area contributed by atoms with Crippen LogP contribution in [0.25, 0.3) is 6.08 Å². The highest BCUT2D eigenvalue weighted by Gasteiger charge is 2.15. The third-order valence-corrected chi connectivity index (χ3v) is 4.76. The van der Waals surface area contributed by atoms with Crippen molar-refractivity contribution in [3.63, 3.8) is 0 Å². The van der Waals surface area contributed by atoms with Crippen LogP contribution < -0.4 is 5.32 Å². The van der Waals surface area contributed by atoms with E-state index in [9.17, 15) is 9.59 Å². The van der Waals surface area contributed by atoms with Crippen LogP contribution in [-0.4, -0.2) is 45.6 Å². The number of amides is 2. The summed E-state index contributed by atoms with van der Waals surface area (Å²) in [7, 11) is 0. The number of aryl methyl sites for hydroxylation is 2. The van der Waals surface area contributed by atoms with Crippen molar-refractivity contribution in [2.45, 2.75) is 54.1 Å². The highest BCUT2D eigenvalue weighted by atomic mass is 16.2. The Balaban J connectivity index is 2.10. The second-order valence-electron chi connectivity index (χ2n) is 7.64. The molecule has 0 aliphatic rings. The van der Waals surface area contributed by atoms with Gasteiger partial charge in [-0.1, -0.05) is 29.8 Å². The van der Waals surface area contributed by atoms with Crippen molar-refractivity contribution in [3.8, 4) is 0 Å². The zero-order valence-electron chi connectivity index (χ0n) is 18.3. The zero-order chi connectivity index (χ0) is 21.6. The highest BCUT2D eigenvalue weighted by Crippen LogP contribution is 2.17. The van der Waals surface area contributed by atoms with E-state index in [4.69, 9.17) is 0 Å². The van der Waals surface area contributed by atoms with Crippen molar-refractivity contribution in [1.29, 1.82) is 0 Å². The van der Waals surface area contributed by atoms with Gasteiger partial charge in [-0.15, -0.1) is 0 Å². The first-order valence-corrected chi connectivity index (χ1v) is 10.1. The van der Waals surface area contributed by atoms with Gasteiger partial charge in [0.05, 0.1) is 18.8 Å². The number of hydrogen-bond donors (Lipinski definition) is 1. The number of aromatic nitrogens is 2. The molecule has 0 aliphatic carbocycles. The standard InChI is InChI=1S/C23H32N4O2/c1-7-26(15-22(28)24-16(2)3)23(29)13-12-21-18(5)25-27(19(21)6)14-20-10-8-17(4)9-11-20/h8-13,16H,7,14-15H2,1-6H3,(H,24,28)/b13-12+. The van der Waals surface area contributed by atoms with E-state index in [1.165, 1.54) is 22.1 Å². The largest absolute Gasteiger partial charge is 0.352 e. The molecule has 156 valence electrons. The van der Waals surface area contributed by atoms with E-state index in [2.05, 4.69) is 41.6 Å². The average Bonchev–Trinajstić information content (AvgIpc) is 2.92. The molecule has 1 aromatic carbocycles. The third kappa shape index (κ3) is 6.31. The minimum atomic E-state index is -0.184. The Morgan fingerprint density at radius 1 is 1.17 bits per heavy atom. The summed E-state index contributed by atoms with van der Waals surface area (Å²) in [5.74, 6) is -0.335. The van der Waals surface area contributed by atoms with Gasteiger partial charge >= 0.3 is 0 Å². The summed E-state index contributed by atoms with van der Waals surface area (Å²) in [4.78, 5) is 26.0. The van der Waals surface area contributed by atoms with Gasteiger partial charge in [-0.3, -0.25) is 14.3 Å². The Kier molecular flexibility index (Phi) is 7.76. The van der Waals surface area contributed by atoms with Crippen LogP contribution >= 0.6 is 0 Å². The molecule has 1 N–H and O–H groups in total. The number of rotatable bonds is 8. The van der Waals surface area contributed by atoms with E-state index in [-0.39, 0.29) is 24.4 Å². The molecule has 0 fully saturated rings. The maximum Gasteiger partial charge on any atom is 0.247 e. The maximum atomic E-state index is 12.6. The molecule has 0 unspecified atom stereocenters. The van der Waals surface area contributed by atoms with Gasteiger partial charge in [-0.2, -0.15) is 5.10 Å². The topological polar surface area (TPSA) is 67.2 Å². The lowest BCUT2D eigenvalue weighted by Crippen LogP contribution is -2.42. The molecular weight excluding hydrogens is 364 g/mol. The minimum Gasteiger partial charge on any atom is -0.352 e. The Morgan fingerprint density at radius 2 is 1.83 bits per heavy atom. The summed E-state index contributed by atoms with van der Waals surface area (Å²) in [6.07, 6.45) is 3.33. The fourth-order valence-corrected chi connectivity index (χ4v) is 3.12. The highest BCUT2D eigenvalue weighted by molar-refractivity contribution is 5.94. The van der Waals surface area contributed by atoms with E-state index < -0.39 is 0 Å². The minimum absolute atomic E-state index is 0.0523. The number of hydrogen-bond acceptors (Lipinski definition) is 3. The summed E-state index contributed by atoms with van der Waals surface area (Å²) in [6, 6.07) is 8.44.